The standard InChI is InChI=1S/C25H27N3O3/c1-2-24(29)27-21-11-6-12-22(16-21)28-25(30)18-26-20-10-7-13-23(17-20)31-15-14-19-8-4-3-5-9-19/h3-13,16-17,26H,2,14-15,18H2,1H3,(H,27,29)(H,28,30). The zero-order chi connectivity index (χ0) is 21.9. The lowest BCUT2D eigenvalue weighted by atomic mass is 10.2. The van der Waals surface area contributed by atoms with Gasteiger partial charge in [0, 0.05) is 36.0 Å². The van der Waals surface area contributed by atoms with Crippen LogP contribution in [0.3, 0.4) is 0 Å². The SMILES string of the molecule is CCC(=O)Nc1cccc(NC(=O)CNc2cccc(OCCc3ccccc3)c2)c1. The lowest BCUT2D eigenvalue weighted by Crippen LogP contribution is -2.21. The number of carbonyl (C=O) groups excluding carboxylic acids is 2. The minimum absolute atomic E-state index is 0.0731. The van der Waals surface area contributed by atoms with Crippen LogP contribution in [-0.4, -0.2) is 25.0 Å². The third-order valence-electron chi connectivity index (χ3n) is 4.54. The Balaban J connectivity index is 1.46. The number of nitrogens with one attached hydrogen (secondary N) is 3. The summed E-state index contributed by atoms with van der Waals surface area (Å²) in [4.78, 5) is 23.8. The molecule has 0 fully saturated rings. The Morgan fingerprint density at radius 2 is 1.45 bits per heavy atom. The molecule has 0 bridgehead atoms. The molecule has 0 aromatic heterocycles. The van der Waals surface area contributed by atoms with Gasteiger partial charge in [-0.25, -0.2) is 0 Å². The van der Waals surface area contributed by atoms with E-state index < -0.39 is 0 Å². The predicted octanol–water partition coefficient (Wildman–Crippen LogP) is 4.71. The highest BCUT2D eigenvalue weighted by molar-refractivity contribution is 5.95. The van der Waals surface area contributed by atoms with Crippen molar-refractivity contribution >= 4 is 28.9 Å². The first-order valence-electron chi connectivity index (χ1n) is 10.3. The van der Waals surface area contributed by atoms with Crippen LogP contribution in [0, 0.1) is 0 Å². The van der Waals surface area contributed by atoms with Crippen LogP contribution in [0.1, 0.15) is 18.9 Å². The van der Waals surface area contributed by atoms with Crippen LogP contribution in [0.15, 0.2) is 78.9 Å². The fourth-order valence-electron chi connectivity index (χ4n) is 2.94. The Labute approximate surface area is 182 Å². The van der Waals surface area contributed by atoms with Crippen molar-refractivity contribution in [3.63, 3.8) is 0 Å². The molecule has 0 heterocycles. The molecule has 0 saturated carbocycles. The van der Waals surface area contributed by atoms with Gasteiger partial charge in [0.15, 0.2) is 0 Å². The maximum atomic E-state index is 12.3. The van der Waals surface area contributed by atoms with Crippen LogP contribution in [0.5, 0.6) is 5.75 Å². The predicted molar refractivity (Wildman–Crippen MR) is 125 cm³/mol. The molecule has 3 N–H and O–H groups in total. The quantitative estimate of drug-likeness (QED) is 0.446. The molecule has 3 aromatic rings. The van der Waals surface area contributed by atoms with Gasteiger partial charge in [-0.05, 0) is 35.9 Å². The van der Waals surface area contributed by atoms with Crippen molar-refractivity contribution in [2.24, 2.45) is 0 Å². The van der Waals surface area contributed by atoms with E-state index in [2.05, 4.69) is 28.1 Å². The Hall–Kier alpha value is -3.80. The summed E-state index contributed by atoms with van der Waals surface area (Å²) in [5.41, 5.74) is 3.31. The molecule has 0 unspecified atom stereocenters. The van der Waals surface area contributed by atoms with E-state index in [0.29, 0.717) is 24.4 Å². The Kier molecular flexibility index (Phi) is 8.05. The molecule has 160 valence electrons. The molecule has 0 aliphatic rings. The second kappa shape index (κ2) is 11.4. The van der Waals surface area contributed by atoms with E-state index in [1.807, 2.05) is 42.5 Å². The number of anilines is 3. The van der Waals surface area contributed by atoms with Gasteiger partial charge in [0.2, 0.25) is 11.8 Å². The Bertz CT molecular complexity index is 1010. The molecule has 0 radical (unpaired) electrons. The van der Waals surface area contributed by atoms with E-state index in [1.165, 1.54) is 5.56 Å². The molecule has 3 rings (SSSR count). The smallest absolute Gasteiger partial charge is 0.243 e. The normalized spacial score (nSPS) is 10.2. The second-order valence-corrected chi connectivity index (χ2v) is 7.00. The topological polar surface area (TPSA) is 79.5 Å². The molecule has 2 amide bonds. The molecular weight excluding hydrogens is 390 g/mol. The van der Waals surface area contributed by atoms with Gasteiger partial charge in [0.1, 0.15) is 5.75 Å². The van der Waals surface area contributed by atoms with Crippen LogP contribution < -0.4 is 20.7 Å². The highest BCUT2D eigenvalue weighted by atomic mass is 16.5. The molecule has 0 spiro atoms. The summed E-state index contributed by atoms with van der Waals surface area (Å²) in [5, 5.41) is 8.71. The van der Waals surface area contributed by atoms with E-state index in [9.17, 15) is 9.59 Å². The minimum atomic E-state index is -0.186. The second-order valence-electron chi connectivity index (χ2n) is 7.00. The summed E-state index contributed by atoms with van der Waals surface area (Å²) in [6.07, 6.45) is 1.23. The molecule has 0 aliphatic heterocycles. The van der Waals surface area contributed by atoms with Gasteiger partial charge in [-0.1, -0.05) is 49.4 Å². The molecule has 31 heavy (non-hydrogen) atoms. The van der Waals surface area contributed by atoms with E-state index >= 15 is 0 Å². The van der Waals surface area contributed by atoms with Gasteiger partial charge in [-0.15, -0.1) is 0 Å². The van der Waals surface area contributed by atoms with E-state index in [0.717, 1.165) is 17.9 Å². The Morgan fingerprint density at radius 1 is 0.774 bits per heavy atom. The first-order valence-corrected chi connectivity index (χ1v) is 10.3. The van der Waals surface area contributed by atoms with Crippen LogP contribution in [0.2, 0.25) is 0 Å². The lowest BCUT2D eigenvalue weighted by molar-refractivity contribution is -0.116. The van der Waals surface area contributed by atoms with Crippen molar-refractivity contribution < 1.29 is 14.3 Å². The third kappa shape index (κ3) is 7.51. The summed E-state index contributed by atoms with van der Waals surface area (Å²) in [5.74, 6) is 0.492. The van der Waals surface area contributed by atoms with E-state index in [4.69, 9.17) is 4.74 Å². The van der Waals surface area contributed by atoms with Crippen LogP contribution in [-0.2, 0) is 16.0 Å². The molecule has 6 heteroatoms. The highest BCUT2D eigenvalue weighted by Crippen LogP contribution is 2.18. The van der Waals surface area contributed by atoms with Crippen LogP contribution in [0.4, 0.5) is 17.1 Å². The average Bonchev–Trinajstić information content (AvgIpc) is 2.79. The molecule has 0 saturated heterocycles. The summed E-state index contributed by atoms with van der Waals surface area (Å²) in [6.45, 7) is 2.48. The number of hydrogen-bond acceptors (Lipinski definition) is 4. The number of ether oxygens (including phenoxy) is 1. The lowest BCUT2D eigenvalue weighted by Gasteiger charge is -2.11. The minimum Gasteiger partial charge on any atom is -0.493 e. The van der Waals surface area contributed by atoms with Crippen LogP contribution >= 0.6 is 0 Å². The van der Waals surface area contributed by atoms with E-state index in [1.54, 1.807) is 31.2 Å². The van der Waals surface area contributed by atoms with Gasteiger partial charge < -0.3 is 20.7 Å². The zero-order valence-corrected chi connectivity index (χ0v) is 17.6. The van der Waals surface area contributed by atoms with Crippen molar-refractivity contribution in [1.82, 2.24) is 0 Å². The van der Waals surface area contributed by atoms with E-state index in [-0.39, 0.29) is 18.4 Å². The molecule has 0 atom stereocenters. The molecule has 0 aliphatic carbocycles. The summed E-state index contributed by atoms with van der Waals surface area (Å²) >= 11 is 0. The summed E-state index contributed by atoms with van der Waals surface area (Å²) in [7, 11) is 0. The van der Waals surface area contributed by atoms with Crippen molar-refractivity contribution in [3.8, 4) is 5.75 Å². The maximum Gasteiger partial charge on any atom is 0.243 e. The number of rotatable bonds is 10. The zero-order valence-electron chi connectivity index (χ0n) is 17.6. The Morgan fingerprint density at radius 3 is 2.19 bits per heavy atom. The number of carbonyl (C=O) groups is 2. The van der Waals surface area contributed by atoms with Gasteiger partial charge in [-0.3, -0.25) is 9.59 Å². The summed E-state index contributed by atoms with van der Waals surface area (Å²) in [6, 6.07) is 24.8. The van der Waals surface area contributed by atoms with Gasteiger partial charge >= 0.3 is 0 Å². The van der Waals surface area contributed by atoms with Crippen molar-refractivity contribution in [3.05, 3.63) is 84.4 Å². The number of benzene rings is 3. The first kappa shape index (κ1) is 21.9. The maximum absolute atomic E-state index is 12.3. The fourth-order valence-corrected chi connectivity index (χ4v) is 2.94. The van der Waals surface area contributed by atoms with Gasteiger partial charge in [0.25, 0.3) is 0 Å². The number of amides is 2. The van der Waals surface area contributed by atoms with Crippen molar-refractivity contribution in [2.45, 2.75) is 19.8 Å². The molecular formula is C25H27N3O3. The fraction of sp³-hybridized carbons (Fsp3) is 0.200. The molecule has 3 aromatic carbocycles. The number of hydrogen-bond donors (Lipinski definition) is 3. The monoisotopic (exact) mass is 417 g/mol. The van der Waals surface area contributed by atoms with Gasteiger partial charge in [0.05, 0.1) is 13.2 Å². The summed E-state index contributed by atoms with van der Waals surface area (Å²) < 4.78 is 5.83. The highest BCUT2D eigenvalue weighted by Gasteiger charge is 2.05. The van der Waals surface area contributed by atoms with Crippen molar-refractivity contribution in [1.29, 1.82) is 0 Å². The van der Waals surface area contributed by atoms with Crippen LogP contribution in [0.25, 0.3) is 0 Å². The first-order chi connectivity index (χ1) is 15.1. The third-order valence-corrected chi connectivity index (χ3v) is 4.54. The largest absolute Gasteiger partial charge is 0.493 e. The molecule has 6 nitrogen and oxygen atoms in total. The van der Waals surface area contributed by atoms with Gasteiger partial charge in [-0.2, -0.15) is 0 Å². The van der Waals surface area contributed by atoms with Crippen molar-refractivity contribution in [2.75, 3.05) is 29.1 Å². The average molecular weight is 418 g/mol.